The highest BCUT2D eigenvalue weighted by molar-refractivity contribution is 5.92. The molecule has 2 aromatic carbocycles. The quantitative estimate of drug-likeness (QED) is 0.888. The van der Waals surface area contributed by atoms with Crippen LogP contribution in [0.3, 0.4) is 0 Å². The van der Waals surface area contributed by atoms with Crippen molar-refractivity contribution in [2.24, 2.45) is 0 Å². The number of benzene rings is 2. The minimum Gasteiger partial charge on any atom is -0.494 e. The largest absolute Gasteiger partial charge is 0.494 e. The standard InChI is InChI=1S/C17H17NO5/c1-2-20-13-4-6-14(7-5-13)21-10-17(19)18-12-3-8-15-16(9-12)23-11-22-15/h3-9H,2,10-11H2,1H3,(H,18,19). The van der Waals surface area contributed by atoms with Crippen LogP contribution >= 0.6 is 0 Å². The maximum Gasteiger partial charge on any atom is 0.262 e. The highest BCUT2D eigenvalue weighted by Crippen LogP contribution is 2.34. The van der Waals surface area contributed by atoms with Crippen molar-refractivity contribution in [2.45, 2.75) is 6.92 Å². The van der Waals surface area contributed by atoms with Crippen LogP contribution < -0.4 is 24.3 Å². The smallest absolute Gasteiger partial charge is 0.262 e. The third kappa shape index (κ3) is 3.85. The Labute approximate surface area is 133 Å². The molecular weight excluding hydrogens is 298 g/mol. The number of nitrogens with one attached hydrogen (secondary N) is 1. The first-order chi connectivity index (χ1) is 11.2. The van der Waals surface area contributed by atoms with Crippen LogP contribution in [-0.4, -0.2) is 25.9 Å². The van der Waals surface area contributed by atoms with Crippen LogP contribution in [-0.2, 0) is 4.79 Å². The van der Waals surface area contributed by atoms with E-state index < -0.39 is 0 Å². The minimum absolute atomic E-state index is 0.0809. The van der Waals surface area contributed by atoms with E-state index >= 15 is 0 Å². The predicted molar refractivity (Wildman–Crippen MR) is 84.3 cm³/mol. The van der Waals surface area contributed by atoms with Crippen molar-refractivity contribution in [3.8, 4) is 23.0 Å². The number of fused-ring (bicyclic) bond motifs is 1. The highest BCUT2D eigenvalue weighted by atomic mass is 16.7. The van der Waals surface area contributed by atoms with Crippen molar-refractivity contribution in [2.75, 3.05) is 25.3 Å². The zero-order chi connectivity index (χ0) is 16.1. The molecule has 3 rings (SSSR count). The van der Waals surface area contributed by atoms with Gasteiger partial charge in [0.1, 0.15) is 11.5 Å². The van der Waals surface area contributed by atoms with Gasteiger partial charge in [-0.3, -0.25) is 4.79 Å². The van der Waals surface area contributed by atoms with E-state index in [-0.39, 0.29) is 19.3 Å². The van der Waals surface area contributed by atoms with Crippen LogP contribution in [0.4, 0.5) is 5.69 Å². The van der Waals surface area contributed by atoms with Gasteiger partial charge in [-0.05, 0) is 43.3 Å². The molecule has 2 aromatic rings. The molecule has 0 aromatic heterocycles. The van der Waals surface area contributed by atoms with Gasteiger partial charge in [-0.25, -0.2) is 0 Å². The maximum atomic E-state index is 11.9. The molecule has 0 fully saturated rings. The summed E-state index contributed by atoms with van der Waals surface area (Å²) in [6.07, 6.45) is 0. The minimum atomic E-state index is -0.252. The Bertz CT molecular complexity index is 684. The summed E-state index contributed by atoms with van der Waals surface area (Å²) >= 11 is 0. The highest BCUT2D eigenvalue weighted by Gasteiger charge is 2.14. The Morgan fingerprint density at radius 3 is 2.48 bits per heavy atom. The van der Waals surface area contributed by atoms with E-state index in [0.717, 1.165) is 5.75 Å². The van der Waals surface area contributed by atoms with Crippen molar-refractivity contribution in [1.29, 1.82) is 0 Å². The summed E-state index contributed by atoms with van der Waals surface area (Å²) in [5.74, 6) is 2.42. The summed E-state index contributed by atoms with van der Waals surface area (Å²) in [5.41, 5.74) is 0.634. The summed E-state index contributed by atoms with van der Waals surface area (Å²) in [6.45, 7) is 2.65. The molecule has 23 heavy (non-hydrogen) atoms. The molecule has 0 bridgehead atoms. The average molecular weight is 315 g/mol. The van der Waals surface area contributed by atoms with Gasteiger partial charge in [0.15, 0.2) is 18.1 Å². The van der Waals surface area contributed by atoms with Crippen LogP contribution in [0, 0.1) is 0 Å². The van der Waals surface area contributed by atoms with E-state index in [2.05, 4.69) is 5.32 Å². The Morgan fingerprint density at radius 1 is 1.04 bits per heavy atom. The molecule has 0 aliphatic carbocycles. The summed E-state index contributed by atoms with van der Waals surface area (Å²) in [6, 6.07) is 12.4. The molecule has 1 aliphatic heterocycles. The first-order valence-corrected chi connectivity index (χ1v) is 7.30. The van der Waals surface area contributed by atoms with E-state index in [1.165, 1.54) is 0 Å². The molecule has 0 spiro atoms. The van der Waals surface area contributed by atoms with Crippen LogP contribution in [0.5, 0.6) is 23.0 Å². The number of carbonyl (C=O) groups excluding carboxylic acids is 1. The Balaban J connectivity index is 1.51. The van der Waals surface area contributed by atoms with Gasteiger partial charge >= 0.3 is 0 Å². The van der Waals surface area contributed by atoms with Crippen molar-refractivity contribution in [3.63, 3.8) is 0 Å². The average Bonchev–Trinajstić information content (AvgIpc) is 3.02. The fourth-order valence-electron chi connectivity index (χ4n) is 2.12. The third-order valence-corrected chi connectivity index (χ3v) is 3.16. The van der Waals surface area contributed by atoms with E-state index in [0.29, 0.717) is 29.5 Å². The van der Waals surface area contributed by atoms with E-state index in [1.54, 1.807) is 42.5 Å². The number of rotatable bonds is 6. The van der Waals surface area contributed by atoms with E-state index in [1.807, 2.05) is 6.92 Å². The zero-order valence-corrected chi connectivity index (χ0v) is 12.7. The lowest BCUT2D eigenvalue weighted by atomic mass is 10.3. The molecular formula is C17H17NO5. The molecule has 0 saturated carbocycles. The third-order valence-electron chi connectivity index (χ3n) is 3.16. The molecule has 6 nitrogen and oxygen atoms in total. The van der Waals surface area contributed by atoms with Crippen LogP contribution in [0.15, 0.2) is 42.5 Å². The van der Waals surface area contributed by atoms with Gasteiger partial charge in [0.2, 0.25) is 6.79 Å². The van der Waals surface area contributed by atoms with Crippen molar-refractivity contribution in [1.82, 2.24) is 0 Å². The van der Waals surface area contributed by atoms with Crippen LogP contribution in [0.25, 0.3) is 0 Å². The molecule has 1 N–H and O–H groups in total. The van der Waals surface area contributed by atoms with E-state index in [9.17, 15) is 4.79 Å². The summed E-state index contributed by atoms with van der Waals surface area (Å²) < 4.78 is 21.3. The number of hydrogen-bond acceptors (Lipinski definition) is 5. The molecule has 0 radical (unpaired) electrons. The van der Waals surface area contributed by atoms with Gasteiger partial charge in [-0.15, -0.1) is 0 Å². The Kier molecular flexibility index (Phi) is 4.52. The Hall–Kier alpha value is -2.89. The summed E-state index contributed by atoms with van der Waals surface area (Å²) in [7, 11) is 0. The fourth-order valence-corrected chi connectivity index (χ4v) is 2.12. The monoisotopic (exact) mass is 315 g/mol. The first kappa shape index (κ1) is 15.0. The molecule has 1 amide bonds. The van der Waals surface area contributed by atoms with Gasteiger partial charge < -0.3 is 24.3 Å². The molecule has 6 heteroatoms. The molecule has 0 saturated heterocycles. The van der Waals surface area contributed by atoms with Crippen LogP contribution in [0.1, 0.15) is 6.92 Å². The zero-order valence-electron chi connectivity index (χ0n) is 12.7. The number of anilines is 1. The lowest BCUT2D eigenvalue weighted by Gasteiger charge is -2.09. The number of ether oxygens (including phenoxy) is 4. The SMILES string of the molecule is CCOc1ccc(OCC(=O)Nc2ccc3c(c2)OCO3)cc1. The second kappa shape index (κ2) is 6.91. The maximum absolute atomic E-state index is 11.9. The molecule has 1 heterocycles. The molecule has 0 unspecified atom stereocenters. The number of hydrogen-bond donors (Lipinski definition) is 1. The number of amides is 1. The van der Waals surface area contributed by atoms with Crippen molar-refractivity contribution in [3.05, 3.63) is 42.5 Å². The molecule has 120 valence electrons. The topological polar surface area (TPSA) is 66.0 Å². The second-order valence-electron chi connectivity index (χ2n) is 4.81. The lowest BCUT2D eigenvalue weighted by Crippen LogP contribution is -2.20. The lowest BCUT2D eigenvalue weighted by molar-refractivity contribution is -0.118. The van der Waals surface area contributed by atoms with Crippen LogP contribution in [0.2, 0.25) is 0 Å². The summed E-state index contributed by atoms with van der Waals surface area (Å²) in [5, 5.41) is 2.75. The molecule has 1 aliphatic rings. The fraction of sp³-hybridized carbons (Fsp3) is 0.235. The van der Waals surface area contributed by atoms with Gasteiger partial charge in [0.25, 0.3) is 5.91 Å². The Morgan fingerprint density at radius 2 is 1.74 bits per heavy atom. The predicted octanol–water partition coefficient (Wildman–Crippen LogP) is 2.83. The number of carbonyl (C=O) groups is 1. The normalized spacial score (nSPS) is 11.9. The molecule has 0 atom stereocenters. The van der Waals surface area contributed by atoms with Gasteiger partial charge in [-0.1, -0.05) is 0 Å². The van der Waals surface area contributed by atoms with Gasteiger partial charge in [0.05, 0.1) is 6.61 Å². The van der Waals surface area contributed by atoms with Crippen molar-refractivity contribution < 1.29 is 23.7 Å². The van der Waals surface area contributed by atoms with Gasteiger partial charge in [-0.2, -0.15) is 0 Å². The van der Waals surface area contributed by atoms with E-state index in [4.69, 9.17) is 18.9 Å². The van der Waals surface area contributed by atoms with Crippen molar-refractivity contribution >= 4 is 11.6 Å². The summed E-state index contributed by atoms with van der Waals surface area (Å²) in [4.78, 5) is 11.9. The second-order valence-corrected chi connectivity index (χ2v) is 4.81. The van der Waals surface area contributed by atoms with Gasteiger partial charge in [0, 0.05) is 11.8 Å². The first-order valence-electron chi connectivity index (χ1n) is 7.30.